The number of benzene rings is 1. The molecule has 0 saturated heterocycles. The number of hydrogen-bond donors (Lipinski definition) is 0. The quantitative estimate of drug-likeness (QED) is 0.611. The van der Waals surface area contributed by atoms with E-state index in [0.717, 1.165) is 4.47 Å². The van der Waals surface area contributed by atoms with Crippen LogP contribution in [-0.2, 0) is 9.53 Å². The van der Waals surface area contributed by atoms with E-state index in [0.29, 0.717) is 15.6 Å². The molecule has 0 aliphatic rings. The Balaban J connectivity index is 3.05. The van der Waals surface area contributed by atoms with Crippen LogP contribution >= 0.6 is 39.1 Å². The Labute approximate surface area is 106 Å². The van der Waals surface area contributed by atoms with E-state index in [2.05, 4.69) is 20.7 Å². The Morgan fingerprint density at radius 1 is 1.40 bits per heavy atom. The second kappa shape index (κ2) is 5.54. The normalized spacial score (nSPS) is 10.7. The van der Waals surface area contributed by atoms with Crippen LogP contribution in [0.2, 0.25) is 10.0 Å². The van der Waals surface area contributed by atoms with Gasteiger partial charge in [0, 0.05) is 16.1 Å². The highest BCUT2D eigenvalue weighted by Crippen LogP contribution is 2.30. The smallest absolute Gasteiger partial charge is 0.330 e. The molecule has 0 aliphatic heterocycles. The Morgan fingerprint density at radius 2 is 1.93 bits per heavy atom. The lowest BCUT2D eigenvalue weighted by molar-refractivity contribution is -0.134. The summed E-state index contributed by atoms with van der Waals surface area (Å²) in [6.07, 6.45) is 2.78. The van der Waals surface area contributed by atoms with Crippen molar-refractivity contribution in [3.63, 3.8) is 0 Å². The highest BCUT2D eigenvalue weighted by molar-refractivity contribution is 9.10. The maximum absolute atomic E-state index is 10.9. The van der Waals surface area contributed by atoms with Crippen LogP contribution in [0.3, 0.4) is 0 Å². The fourth-order valence-electron chi connectivity index (χ4n) is 0.932. The van der Waals surface area contributed by atoms with Gasteiger partial charge in [0.2, 0.25) is 0 Å². The SMILES string of the molecule is COC(=O)/C=C/c1c(Cl)cc(Br)cc1Cl. The molecule has 1 aromatic carbocycles. The molecule has 2 nitrogen and oxygen atoms in total. The fraction of sp³-hybridized carbons (Fsp3) is 0.100. The second-order valence-electron chi connectivity index (χ2n) is 2.64. The van der Waals surface area contributed by atoms with Crippen LogP contribution in [0.5, 0.6) is 0 Å². The summed E-state index contributed by atoms with van der Waals surface area (Å²) in [7, 11) is 1.30. The van der Waals surface area contributed by atoms with Gasteiger partial charge in [0.25, 0.3) is 0 Å². The van der Waals surface area contributed by atoms with Gasteiger partial charge in [-0.15, -0.1) is 0 Å². The lowest BCUT2D eigenvalue weighted by Crippen LogP contribution is -1.93. The molecule has 80 valence electrons. The molecule has 1 rings (SSSR count). The van der Waals surface area contributed by atoms with Crippen LogP contribution in [0.25, 0.3) is 6.08 Å². The first-order valence-corrected chi connectivity index (χ1v) is 5.50. The molecule has 0 atom stereocenters. The molecule has 0 fully saturated rings. The molecule has 0 spiro atoms. The van der Waals surface area contributed by atoms with Crippen molar-refractivity contribution in [2.45, 2.75) is 0 Å². The average Bonchev–Trinajstić information content (AvgIpc) is 2.15. The monoisotopic (exact) mass is 308 g/mol. The van der Waals surface area contributed by atoms with Crippen molar-refractivity contribution in [2.75, 3.05) is 7.11 Å². The van der Waals surface area contributed by atoms with Gasteiger partial charge in [0.1, 0.15) is 0 Å². The van der Waals surface area contributed by atoms with Crippen molar-refractivity contribution < 1.29 is 9.53 Å². The summed E-state index contributed by atoms with van der Waals surface area (Å²) < 4.78 is 5.24. The average molecular weight is 310 g/mol. The third-order valence-electron chi connectivity index (χ3n) is 1.63. The van der Waals surface area contributed by atoms with Gasteiger partial charge in [-0.3, -0.25) is 0 Å². The molecule has 0 aromatic heterocycles. The van der Waals surface area contributed by atoms with Gasteiger partial charge in [0.05, 0.1) is 17.2 Å². The summed E-state index contributed by atoms with van der Waals surface area (Å²) in [5, 5.41) is 0.934. The van der Waals surface area contributed by atoms with E-state index in [-0.39, 0.29) is 0 Å². The van der Waals surface area contributed by atoms with Gasteiger partial charge >= 0.3 is 5.97 Å². The lowest BCUT2D eigenvalue weighted by atomic mass is 10.2. The maximum atomic E-state index is 10.9. The zero-order valence-corrected chi connectivity index (χ0v) is 10.9. The van der Waals surface area contributed by atoms with Gasteiger partial charge in [-0.25, -0.2) is 4.79 Å². The number of methoxy groups -OCH3 is 1. The molecular weight excluding hydrogens is 303 g/mol. The number of hydrogen-bond acceptors (Lipinski definition) is 2. The molecule has 0 saturated carbocycles. The topological polar surface area (TPSA) is 26.3 Å². The Morgan fingerprint density at radius 3 is 2.40 bits per heavy atom. The van der Waals surface area contributed by atoms with E-state index in [1.54, 1.807) is 12.1 Å². The zero-order chi connectivity index (χ0) is 11.4. The van der Waals surface area contributed by atoms with Gasteiger partial charge in [-0.1, -0.05) is 39.1 Å². The van der Waals surface area contributed by atoms with E-state index >= 15 is 0 Å². The largest absolute Gasteiger partial charge is 0.466 e. The third kappa shape index (κ3) is 3.52. The molecule has 0 radical (unpaired) electrons. The van der Waals surface area contributed by atoms with Crippen molar-refractivity contribution in [3.05, 3.63) is 38.3 Å². The van der Waals surface area contributed by atoms with E-state index < -0.39 is 5.97 Å². The van der Waals surface area contributed by atoms with E-state index in [1.165, 1.54) is 19.3 Å². The summed E-state index contributed by atoms with van der Waals surface area (Å²) in [5.74, 6) is -0.454. The number of esters is 1. The van der Waals surface area contributed by atoms with Crippen molar-refractivity contribution >= 4 is 51.2 Å². The van der Waals surface area contributed by atoms with Crippen molar-refractivity contribution in [2.24, 2.45) is 0 Å². The number of rotatable bonds is 2. The second-order valence-corrected chi connectivity index (χ2v) is 4.37. The first-order chi connectivity index (χ1) is 7.04. The summed E-state index contributed by atoms with van der Waals surface area (Å²) in [5.41, 5.74) is 0.590. The van der Waals surface area contributed by atoms with E-state index in [4.69, 9.17) is 23.2 Å². The molecular formula is C10H7BrCl2O2. The first-order valence-electron chi connectivity index (χ1n) is 3.95. The zero-order valence-electron chi connectivity index (χ0n) is 7.76. The molecule has 15 heavy (non-hydrogen) atoms. The first kappa shape index (κ1) is 12.6. The number of ether oxygens (including phenoxy) is 1. The number of carbonyl (C=O) groups is 1. The van der Waals surface area contributed by atoms with Gasteiger partial charge in [-0.2, -0.15) is 0 Å². The molecule has 0 amide bonds. The molecule has 0 unspecified atom stereocenters. The summed E-state index contributed by atoms with van der Waals surface area (Å²) in [4.78, 5) is 10.9. The minimum atomic E-state index is -0.454. The van der Waals surface area contributed by atoms with Gasteiger partial charge < -0.3 is 4.74 Å². The molecule has 1 aromatic rings. The van der Waals surface area contributed by atoms with Crippen molar-refractivity contribution in [1.82, 2.24) is 0 Å². The molecule has 0 heterocycles. The standard InChI is InChI=1S/C10H7BrCl2O2/c1-15-10(14)3-2-7-8(12)4-6(11)5-9(7)13/h2-5H,1H3/b3-2+. The van der Waals surface area contributed by atoms with E-state index in [1.807, 2.05) is 0 Å². The highest BCUT2D eigenvalue weighted by atomic mass is 79.9. The number of carbonyl (C=O) groups excluding carboxylic acids is 1. The molecule has 0 aliphatic carbocycles. The maximum Gasteiger partial charge on any atom is 0.330 e. The number of halogens is 3. The summed E-state index contributed by atoms with van der Waals surface area (Å²) in [6.45, 7) is 0. The van der Waals surface area contributed by atoms with Gasteiger partial charge in [-0.05, 0) is 18.2 Å². The van der Waals surface area contributed by atoms with Crippen LogP contribution in [0.1, 0.15) is 5.56 Å². The van der Waals surface area contributed by atoms with Crippen molar-refractivity contribution in [1.29, 1.82) is 0 Å². The lowest BCUT2D eigenvalue weighted by Gasteiger charge is -2.02. The highest BCUT2D eigenvalue weighted by Gasteiger charge is 2.05. The van der Waals surface area contributed by atoms with Crippen LogP contribution in [0.15, 0.2) is 22.7 Å². The molecule has 5 heteroatoms. The third-order valence-corrected chi connectivity index (χ3v) is 2.71. The summed E-state index contributed by atoms with van der Waals surface area (Å²) in [6, 6.07) is 3.40. The van der Waals surface area contributed by atoms with Crippen LogP contribution < -0.4 is 0 Å². The van der Waals surface area contributed by atoms with Crippen LogP contribution in [0.4, 0.5) is 0 Å². The molecule has 0 bridgehead atoms. The Kier molecular flexibility index (Phi) is 4.64. The fourth-order valence-corrected chi connectivity index (χ4v) is 2.27. The molecule has 0 N–H and O–H groups in total. The minimum absolute atomic E-state index is 0.454. The van der Waals surface area contributed by atoms with Crippen molar-refractivity contribution in [3.8, 4) is 0 Å². The predicted octanol–water partition coefficient (Wildman–Crippen LogP) is 3.94. The van der Waals surface area contributed by atoms with E-state index in [9.17, 15) is 4.79 Å². The Hall–Kier alpha value is -0.510. The van der Waals surface area contributed by atoms with Crippen LogP contribution in [0, 0.1) is 0 Å². The van der Waals surface area contributed by atoms with Crippen LogP contribution in [-0.4, -0.2) is 13.1 Å². The van der Waals surface area contributed by atoms with Gasteiger partial charge in [0.15, 0.2) is 0 Å². The predicted molar refractivity (Wildman–Crippen MR) is 65.2 cm³/mol. The minimum Gasteiger partial charge on any atom is -0.466 e. The summed E-state index contributed by atoms with van der Waals surface area (Å²) >= 11 is 15.1. The Bertz CT molecular complexity index is 393.